The molecule has 0 spiro atoms. The van der Waals surface area contributed by atoms with Crippen LogP contribution >= 0.6 is 112 Å². The molecule has 828 valence electrons. The Morgan fingerprint density at radius 3 is 1.17 bits per heavy atom. The second-order valence-electron chi connectivity index (χ2n) is 35.8. The molecular weight excluding hydrogens is 2150 g/mol. The monoisotopic (exact) mass is 2310 g/mol. The van der Waals surface area contributed by atoms with Crippen LogP contribution in [-0.2, 0) is 87.5 Å². The van der Waals surface area contributed by atoms with Gasteiger partial charge in [-0.3, -0.25) is 59.4 Å². The molecule has 44 heteroatoms. The van der Waals surface area contributed by atoms with Gasteiger partial charge in [-0.25, -0.2) is 0 Å². The van der Waals surface area contributed by atoms with Crippen LogP contribution in [0.5, 0.6) is 0 Å². The van der Waals surface area contributed by atoms with Crippen molar-refractivity contribution in [3.8, 4) is 0 Å². The SMILES string of the molecule is C1CCOC1.C1CCOC1.C1CCOC1.CC(=O)c1cc(Cl)cnc1[C@@H](C)C(C)C.CC(C)[C@@H]1CCc2cc(Cl)cnc21.CC(C)[C@H](C)C(=O)O.CC(C)[C@H](C)c1ncc(Cl)cc1CCl.CC(C)[C@H](C)c1ncc(Cl)cc1CO.CC(C)[C@H](C)c1ncc(Cl)cc1COS(C)(=O)=O.CCO.CCOC(=O)CC(=O)[C@@H](C)C(C)C.CCOC(=O)C[C-]=O.CN(C)/C=C(\Cl)CN(C)C.ClCCl.F[P-](F)(F)(F)(F)F.[H-].[K+].[Na+].[OH-]. The number of carboxylic acid groups (broad SMARTS) is 1. The van der Waals surface area contributed by atoms with Crippen LogP contribution in [0.4, 0.5) is 25.2 Å². The number of aliphatic hydroxyl groups is 2. The molecule has 144 heavy (non-hydrogen) atoms. The molecule has 0 bridgehead atoms. The number of hydrogen-bond donors (Lipinski definition) is 3. The molecule has 25 nitrogen and oxygen atoms in total. The van der Waals surface area contributed by atoms with Gasteiger partial charge in [0, 0.05) is 190 Å². The normalized spacial score (nSPS) is 14.7. The first-order valence-electron chi connectivity index (χ1n) is 46.9. The molecule has 3 aliphatic heterocycles. The Morgan fingerprint density at radius 2 is 0.875 bits per heavy atom. The molecule has 4 aliphatic rings. The molecule has 0 amide bonds. The van der Waals surface area contributed by atoms with Crippen molar-refractivity contribution in [2.75, 3.05) is 106 Å². The number of ether oxygens (including phenoxy) is 5. The number of carboxylic acids is 1. The fourth-order valence-corrected chi connectivity index (χ4v) is 13.2. The minimum Gasteiger partial charge on any atom is -1.00 e. The number of rotatable bonds is 28. The molecule has 0 radical (unpaired) electrons. The van der Waals surface area contributed by atoms with Gasteiger partial charge in [0.25, 0.3) is 16.1 Å². The molecule has 4 N–H and O–H groups in total. The summed E-state index contributed by atoms with van der Waals surface area (Å²) in [6.07, 6.45) is 22.3. The fraction of sp³-hybridized carbons (Fsp3) is 0.670. The summed E-state index contributed by atoms with van der Waals surface area (Å²) in [6.45, 7) is 55.6. The van der Waals surface area contributed by atoms with Gasteiger partial charge in [-0.1, -0.05) is 215 Å². The van der Waals surface area contributed by atoms with E-state index in [1.54, 1.807) is 83.8 Å². The number of aryl methyl sites for hydroxylation is 1. The molecule has 0 aromatic carbocycles. The minimum atomic E-state index is -10.7. The number of carbonyl (C=O) groups is 5. The summed E-state index contributed by atoms with van der Waals surface area (Å²) in [4.78, 5) is 89.1. The maximum atomic E-state index is 11.4. The Labute approximate surface area is 968 Å². The van der Waals surface area contributed by atoms with E-state index in [0.717, 1.165) is 103 Å². The number of esters is 2. The van der Waals surface area contributed by atoms with Crippen LogP contribution in [-0.4, -0.2) is 205 Å². The van der Waals surface area contributed by atoms with E-state index < -0.39 is 35.8 Å². The Balaban J connectivity index is -0.000000171. The summed E-state index contributed by atoms with van der Waals surface area (Å²) in [5, 5.41) is 29.1. The van der Waals surface area contributed by atoms with Gasteiger partial charge in [-0.2, -0.15) is 8.42 Å². The smallest absolute Gasteiger partial charge is 1.00 e. The topological polar surface area (TPSA) is 354 Å². The number of likely N-dealkylation sites (N-methyl/N-ethyl adjacent to an activating group) is 1. The van der Waals surface area contributed by atoms with E-state index >= 15 is 0 Å². The van der Waals surface area contributed by atoms with Gasteiger partial charge in [0.15, 0.2) is 5.78 Å². The van der Waals surface area contributed by atoms with E-state index in [-0.39, 0.29) is 173 Å². The Kier molecular flexibility index (Phi) is 97.1. The van der Waals surface area contributed by atoms with E-state index in [4.69, 9.17) is 133 Å². The van der Waals surface area contributed by atoms with Crippen molar-refractivity contribution in [2.24, 2.45) is 53.3 Å². The summed E-state index contributed by atoms with van der Waals surface area (Å²) < 4.78 is 110. The minimum absolute atomic E-state index is 0. The molecule has 9 rings (SSSR count). The van der Waals surface area contributed by atoms with Crippen LogP contribution < -0.4 is 80.9 Å². The number of carbonyl (C=O) groups excluding carboxylic acids is 5. The third-order valence-electron chi connectivity index (χ3n) is 20.9. The first kappa shape index (κ1) is 159. The predicted molar refractivity (Wildman–Crippen MR) is 571 cm³/mol. The number of alkyl halides is 3. The van der Waals surface area contributed by atoms with Crippen molar-refractivity contribution < 1.29 is 193 Å². The molecule has 5 aromatic rings. The Hall–Kier alpha value is -2.40. The van der Waals surface area contributed by atoms with Gasteiger partial charge in [0.05, 0.1) is 74.7 Å². The first-order chi connectivity index (χ1) is 65.1. The summed E-state index contributed by atoms with van der Waals surface area (Å²) in [5.74, 6) is 3.56. The van der Waals surface area contributed by atoms with Gasteiger partial charge >= 0.3 is 126 Å². The van der Waals surface area contributed by atoms with Crippen molar-refractivity contribution in [1.82, 2.24) is 34.7 Å². The van der Waals surface area contributed by atoms with Crippen LogP contribution in [0.25, 0.3) is 0 Å². The second kappa shape index (κ2) is 87.9. The number of aliphatic carboxylic acids is 1. The van der Waals surface area contributed by atoms with Crippen molar-refractivity contribution in [3.05, 3.63) is 154 Å². The third-order valence-corrected chi connectivity index (χ3v) is 23.0. The predicted octanol–water partition coefficient (Wildman–Crippen LogP) is 22.8. The van der Waals surface area contributed by atoms with Crippen LogP contribution in [0, 0.1) is 53.3 Å². The molecule has 1 aliphatic carbocycles. The number of aliphatic hydroxyl groups excluding tert-OH is 2. The number of fused-ring (bicyclic) bond motifs is 1. The quantitative estimate of drug-likeness (QED) is 0.00482. The number of hydrogen-bond acceptors (Lipinski definition) is 24. The Morgan fingerprint density at radius 1 is 0.549 bits per heavy atom. The van der Waals surface area contributed by atoms with E-state index in [1.165, 1.54) is 62.5 Å². The van der Waals surface area contributed by atoms with Crippen LogP contribution in [0.3, 0.4) is 0 Å². The third kappa shape index (κ3) is 89.0. The van der Waals surface area contributed by atoms with Crippen LogP contribution in [0.15, 0.2) is 72.5 Å². The molecular formula is C100H165Cl9F6KN7NaO18PS-2. The zero-order valence-electron chi connectivity index (χ0n) is 91.6. The van der Waals surface area contributed by atoms with Gasteiger partial charge in [0.1, 0.15) is 12.2 Å². The summed E-state index contributed by atoms with van der Waals surface area (Å²) in [5.41, 5.74) is 9.56. The molecule has 0 unspecified atom stereocenters. The van der Waals surface area contributed by atoms with Gasteiger partial charge in [-0.05, 0) is 176 Å². The fourth-order valence-electron chi connectivity index (χ4n) is 11.3. The van der Waals surface area contributed by atoms with E-state index in [0.29, 0.717) is 97.7 Å². The molecule has 0 saturated carbocycles. The molecule has 8 heterocycles. The van der Waals surface area contributed by atoms with Gasteiger partial charge < -0.3 is 60.5 Å². The molecule has 3 saturated heterocycles. The van der Waals surface area contributed by atoms with Gasteiger partial charge in [-0.15, -0.1) is 34.8 Å². The maximum absolute atomic E-state index is 11.4. The molecule has 5 aromatic heterocycles. The number of ketones is 2. The van der Waals surface area contributed by atoms with Crippen molar-refractivity contribution in [3.63, 3.8) is 0 Å². The van der Waals surface area contributed by atoms with Crippen molar-refractivity contribution in [1.29, 1.82) is 0 Å². The largest absolute Gasteiger partial charge is 1.00 e. The Bertz CT molecular complexity index is 4310. The number of Topliss-reactive ketones (excluding diaryl/α,β-unsaturated/α-hetero) is 2. The van der Waals surface area contributed by atoms with E-state index in [9.17, 15) is 67.5 Å². The average molecular weight is 2310 g/mol. The number of pyridine rings is 5. The standard InChI is InChI=1S/C12H18ClNO3S.C12H16ClNO.C11H15Cl2N.C11H16ClNO.C11H14ClN.C10H18O3.C7H15ClN2.C6H12O2.C5H7O3.3C4H8O.C2H6O.CH2Cl2.F6P.K.Na.H2O.H/c1-8(2)9(3)12-10(5-11(13)6-14-12)7-17-18(4,15)16;1-7(2)8(3)12-11(9(4)15)5-10(13)6-14-12;1-7(2)8(3)11-9(5-12)4-10(13)6-14-11;1-7(2)8(3)11-9(6-14)4-10(12)5-13-11;1-7(2)10-4-3-8-5-9(12)6-13-11(8)10;1-5-13-10(12)6-9(11)8(4)7(2)3;1-9(2)5-7(8)6-10(3)4;1-4(2)5(3)6(7)8;1-2-8-5(7)3-4-6;3*1-2-4-5-3-1;1-2-3;2-1-3;1-7(2,3,4,5)6;;;;/h5-6,8-9H,7H2,1-4H3;5-8H,1-4H3;4,6-8H,5H2,1-3H3;4-5,7-8,14H,6H2,1-3H3;5-7,10H,3-4H2,1-2H3;7-8H,5-6H2,1-4H3;5H,6H2,1-4H3;4-5H,1-3H3,(H,7,8);2-3H2,1H3;3*1-4H2;3H,2H2,1H3;1H2;;;;1H2;/q;;;;;;;;-1;;;;;;-1;2*+1;;-1/p-1/b;;;;;;7-5-;;;;;;;;;;;;/t9-;3*8-;10-;8-;;5-;;;;;;;;;;;/m000000.0.........../s1. The summed E-state index contributed by atoms with van der Waals surface area (Å²) >= 11 is 50.5. The number of nitrogens with zero attached hydrogens (tertiary/aromatic N) is 7. The first-order valence-corrected chi connectivity index (χ1v) is 54.7. The summed E-state index contributed by atoms with van der Waals surface area (Å²) in [7, 11) is -6.23. The van der Waals surface area contributed by atoms with Gasteiger partial charge in [0.2, 0.25) is 0 Å². The number of halogens is 15. The van der Waals surface area contributed by atoms with E-state index in [1.807, 2.05) is 91.8 Å². The van der Waals surface area contributed by atoms with Crippen LogP contribution in [0.2, 0.25) is 25.1 Å². The number of aromatic nitrogens is 5. The summed E-state index contributed by atoms with van der Waals surface area (Å²) in [6, 6.07) is 9.14. The van der Waals surface area contributed by atoms with Crippen LogP contribution in [0.1, 0.15) is 316 Å². The molecule has 7 atom stereocenters. The van der Waals surface area contributed by atoms with Crippen molar-refractivity contribution >= 4 is 158 Å². The van der Waals surface area contributed by atoms with E-state index in [2.05, 4.69) is 130 Å². The maximum Gasteiger partial charge on any atom is 1.00 e. The van der Waals surface area contributed by atoms with Crippen molar-refractivity contribution in [2.45, 2.75) is 279 Å². The molecule has 3 fully saturated rings. The average Bonchev–Trinajstić information content (AvgIpc) is 1.47. The zero-order chi connectivity index (χ0) is 111. The second-order valence-corrected chi connectivity index (χ2v) is 43.1. The zero-order valence-corrected chi connectivity index (χ0v) is 104.